The number of rotatable bonds is 5. The predicted octanol–water partition coefficient (Wildman–Crippen LogP) is 2.64. The van der Waals surface area contributed by atoms with E-state index in [1.165, 1.54) is 0 Å². The van der Waals surface area contributed by atoms with Crippen LogP contribution in [0.1, 0.15) is 29.2 Å². The van der Waals surface area contributed by atoms with E-state index in [1.807, 2.05) is 63.2 Å². The highest BCUT2D eigenvalue weighted by molar-refractivity contribution is 7.80. The molecular formula is C21H25N3O3S. The molecule has 0 bridgehead atoms. The first kappa shape index (κ1) is 21.4. The van der Waals surface area contributed by atoms with Crippen LogP contribution >= 0.6 is 12.2 Å². The molecule has 0 saturated carbocycles. The van der Waals surface area contributed by atoms with Gasteiger partial charge in [0.05, 0.1) is 6.42 Å². The van der Waals surface area contributed by atoms with E-state index in [9.17, 15) is 9.59 Å². The topological polar surface area (TPSA) is 79.5 Å². The molecule has 0 saturated heterocycles. The fraction of sp³-hybridized carbons (Fsp3) is 0.286. The van der Waals surface area contributed by atoms with Crippen LogP contribution in [0.2, 0.25) is 0 Å². The second-order valence-corrected chi connectivity index (χ2v) is 7.01. The van der Waals surface area contributed by atoms with E-state index < -0.39 is 12.0 Å². The molecule has 2 rings (SSSR count). The third-order valence-corrected chi connectivity index (χ3v) is 4.53. The van der Waals surface area contributed by atoms with Crippen LogP contribution in [0.5, 0.6) is 5.75 Å². The van der Waals surface area contributed by atoms with Crippen molar-refractivity contribution in [1.29, 1.82) is 0 Å². The summed E-state index contributed by atoms with van der Waals surface area (Å²) in [6, 6.07) is 13.3. The van der Waals surface area contributed by atoms with Crippen molar-refractivity contribution in [3.63, 3.8) is 0 Å². The maximum Gasteiger partial charge on any atom is 0.279 e. The van der Waals surface area contributed by atoms with E-state index in [0.717, 1.165) is 22.3 Å². The Morgan fingerprint density at radius 1 is 1.00 bits per heavy atom. The Hall–Kier alpha value is -2.93. The summed E-state index contributed by atoms with van der Waals surface area (Å²) >= 11 is 5.05. The molecule has 1 atom stereocenters. The minimum atomic E-state index is -0.736. The molecule has 2 amide bonds. The van der Waals surface area contributed by atoms with Crippen LogP contribution in [0.15, 0.2) is 42.5 Å². The third kappa shape index (κ3) is 6.35. The lowest BCUT2D eigenvalue weighted by atomic mass is 10.1. The minimum absolute atomic E-state index is 0.0188. The Morgan fingerprint density at radius 3 is 2.39 bits per heavy atom. The molecule has 148 valence electrons. The molecule has 0 radical (unpaired) electrons. The lowest BCUT2D eigenvalue weighted by Crippen LogP contribution is -2.51. The highest BCUT2D eigenvalue weighted by atomic mass is 32.1. The summed E-state index contributed by atoms with van der Waals surface area (Å²) < 4.78 is 5.63. The van der Waals surface area contributed by atoms with Crippen LogP contribution < -0.4 is 20.9 Å². The number of carbonyl (C=O) groups is 2. The van der Waals surface area contributed by atoms with E-state index in [1.54, 1.807) is 6.92 Å². The summed E-state index contributed by atoms with van der Waals surface area (Å²) in [4.78, 5) is 24.2. The summed E-state index contributed by atoms with van der Waals surface area (Å²) in [5.41, 5.74) is 9.14. The normalized spacial score (nSPS) is 11.3. The van der Waals surface area contributed by atoms with Gasteiger partial charge in [-0.25, -0.2) is 0 Å². The zero-order valence-corrected chi connectivity index (χ0v) is 17.3. The molecule has 0 aliphatic carbocycles. The summed E-state index contributed by atoms with van der Waals surface area (Å²) in [5.74, 6) is -0.0610. The highest BCUT2D eigenvalue weighted by Gasteiger charge is 2.15. The van der Waals surface area contributed by atoms with Gasteiger partial charge in [-0.3, -0.25) is 20.4 Å². The smallest absolute Gasteiger partial charge is 0.279 e. The average Bonchev–Trinajstić information content (AvgIpc) is 2.64. The minimum Gasteiger partial charge on any atom is -0.481 e. The van der Waals surface area contributed by atoms with E-state index in [4.69, 9.17) is 17.0 Å². The van der Waals surface area contributed by atoms with E-state index in [2.05, 4.69) is 16.2 Å². The Bertz CT molecular complexity index is 883. The number of hydrogen-bond donors (Lipinski definition) is 3. The third-order valence-electron chi connectivity index (χ3n) is 4.32. The van der Waals surface area contributed by atoms with Crippen molar-refractivity contribution in [3.8, 4) is 5.75 Å². The van der Waals surface area contributed by atoms with E-state index in [-0.39, 0.29) is 17.4 Å². The second-order valence-electron chi connectivity index (χ2n) is 6.60. The number of aryl methyl sites for hydroxylation is 3. The molecule has 0 spiro atoms. The summed E-state index contributed by atoms with van der Waals surface area (Å²) in [5, 5.41) is 2.56. The lowest BCUT2D eigenvalue weighted by molar-refractivity contribution is -0.128. The quantitative estimate of drug-likeness (QED) is 0.532. The number of thiocarbonyl (C=S) groups is 1. The fourth-order valence-electron chi connectivity index (χ4n) is 2.45. The van der Waals surface area contributed by atoms with Crippen LogP contribution in [0.25, 0.3) is 0 Å². The van der Waals surface area contributed by atoms with Gasteiger partial charge in [0, 0.05) is 0 Å². The van der Waals surface area contributed by atoms with E-state index >= 15 is 0 Å². The fourth-order valence-corrected chi connectivity index (χ4v) is 2.61. The first-order chi connectivity index (χ1) is 13.3. The van der Waals surface area contributed by atoms with Gasteiger partial charge in [-0.2, -0.15) is 0 Å². The number of benzene rings is 2. The molecule has 0 heterocycles. The van der Waals surface area contributed by atoms with Crippen molar-refractivity contribution in [2.45, 2.75) is 40.2 Å². The maximum absolute atomic E-state index is 12.2. The summed E-state index contributed by atoms with van der Waals surface area (Å²) in [6.45, 7) is 7.56. The summed E-state index contributed by atoms with van der Waals surface area (Å²) in [6.07, 6.45) is -0.533. The average molecular weight is 400 g/mol. The summed E-state index contributed by atoms with van der Waals surface area (Å²) in [7, 11) is 0. The van der Waals surface area contributed by atoms with Crippen molar-refractivity contribution < 1.29 is 14.3 Å². The molecule has 2 aromatic carbocycles. The Balaban J connectivity index is 1.78. The zero-order chi connectivity index (χ0) is 20.7. The molecule has 0 aromatic heterocycles. The van der Waals surface area contributed by atoms with Crippen LogP contribution in [-0.4, -0.2) is 23.0 Å². The van der Waals surface area contributed by atoms with Gasteiger partial charge in [-0.1, -0.05) is 30.3 Å². The van der Waals surface area contributed by atoms with Crippen molar-refractivity contribution >= 4 is 29.1 Å². The number of hydrazine groups is 1. The van der Waals surface area contributed by atoms with Crippen LogP contribution in [0, 0.1) is 20.8 Å². The van der Waals surface area contributed by atoms with Crippen molar-refractivity contribution in [1.82, 2.24) is 16.2 Å². The molecule has 0 aliphatic heterocycles. The first-order valence-electron chi connectivity index (χ1n) is 8.94. The molecular weight excluding hydrogens is 374 g/mol. The second kappa shape index (κ2) is 9.85. The zero-order valence-electron chi connectivity index (χ0n) is 16.5. The van der Waals surface area contributed by atoms with Crippen molar-refractivity contribution in [3.05, 3.63) is 64.7 Å². The van der Waals surface area contributed by atoms with Crippen LogP contribution in [0.3, 0.4) is 0 Å². The molecule has 0 aliphatic rings. The molecule has 28 heavy (non-hydrogen) atoms. The van der Waals surface area contributed by atoms with Crippen molar-refractivity contribution in [2.24, 2.45) is 0 Å². The SMILES string of the molecule is Cc1ccc(OC(C)C(=O)NNC(=S)NC(=O)Cc2ccccc2C)cc1C. The lowest BCUT2D eigenvalue weighted by Gasteiger charge is -2.17. The number of carbonyl (C=O) groups excluding carboxylic acids is 2. The molecule has 3 N–H and O–H groups in total. The van der Waals surface area contributed by atoms with Gasteiger partial charge in [0.25, 0.3) is 5.91 Å². The number of amides is 2. The molecule has 2 aromatic rings. The maximum atomic E-state index is 12.2. The monoisotopic (exact) mass is 399 g/mol. The van der Waals surface area contributed by atoms with Gasteiger partial charge in [-0.15, -0.1) is 0 Å². The predicted molar refractivity (Wildman–Crippen MR) is 113 cm³/mol. The van der Waals surface area contributed by atoms with Gasteiger partial charge in [0.1, 0.15) is 5.75 Å². The Morgan fingerprint density at radius 2 is 1.71 bits per heavy atom. The number of nitrogens with one attached hydrogen (secondary N) is 3. The Kier molecular flexibility index (Phi) is 7.52. The molecule has 0 fully saturated rings. The van der Waals surface area contributed by atoms with E-state index in [0.29, 0.717) is 5.75 Å². The van der Waals surface area contributed by atoms with Gasteiger partial charge >= 0.3 is 0 Å². The Labute approximate surface area is 170 Å². The molecule has 7 heteroatoms. The molecule has 1 unspecified atom stereocenters. The van der Waals surface area contributed by atoms with Gasteiger partial charge < -0.3 is 10.1 Å². The van der Waals surface area contributed by atoms with Crippen LogP contribution in [-0.2, 0) is 16.0 Å². The van der Waals surface area contributed by atoms with Crippen molar-refractivity contribution in [2.75, 3.05) is 0 Å². The molecule has 6 nitrogen and oxygen atoms in total. The van der Waals surface area contributed by atoms with Crippen LogP contribution in [0.4, 0.5) is 0 Å². The highest BCUT2D eigenvalue weighted by Crippen LogP contribution is 2.17. The number of ether oxygens (including phenoxy) is 1. The van der Waals surface area contributed by atoms with Gasteiger partial charge in [0.2, 0.25) is 5.91 Å². The largest absolute Gasteiger partial charge is 0.481 e. The number of hydrogen-bond acceptors (Lipinski definition) is 4. The van der Waals surface area contributed by atoms with Gasteiger partial charge in [-0.05, 0) is 74.3 Å². The standard InChI is InChI=1S/C21H25N3O3S/c1-13-9-10-18(11-15(13)3)27-16(4)20(26)23-24-21(28)22-19(25)12-17-8-6-5-7-14(17)2/h5-11,16H,12H2,1-4H3,(H,23,26)(H2,22,24,25,28). The first-order valence-corrected chi connectivity index (χ1v) is 9.35. The van der Waals surface area contributed by atoms with Gasteiger partial charge in [0.15, 0.2) is 11.2 Å².